The first-order chi connectivity index (χ1) is 28.3. The van der Waals surface area contributed by atoms with E-state index in [1.54, 1.807) is 52.4 Å². The molecule has 6 atom stereocenters. The van der Waals surface area contributed by atoms with Crippen LogP contribution < -0.4 is 16.4 Å². The number of imidazole rings is 1. The number of alkyl carbamates (subject to hydrolysis) is 2. The zero-order valence-corrected chi connectivity index (χ0v) is 37.9. The van der Waals surface area contributed by atoms with Crippen LogP contribution >= 0.6 is 0 Å². The van der Waals surface area contributed by atoms with Crippen LogP contribution in [0, 0.1) is 0 Å². The van der Waals surface area contributed by atoms with Crippen molar-refractivity contribution in [3.63, 3.8) is 0 Å². The molecule has 2 aromatic heterocycles. The zero-order chi connectivity index (χ0) is 44.9. The van der Waals surface area contributed by atoms with Crippen LogP contribution in [0.25, 0.3) is 11.2 Å². The predicted molar refractivity (Wildman–Crippen MR) is 228 cm³/mol. The summed E-state index contributed by atoms with van der Waals surface area (Å²) in [6.07, 6.45) is 0.135. The maximum atomic E-state index is 13.6. The number of hydrogen-bond acceptors (Lipinski definition) is 15. The quantitative estimate of drug-likeness (QED) is 0.126. The first kappa shape index (κ1) is 47.4. The second kappa shape index (κ2) is 19.2. The molecule has 5 rings (SSSR count). The second-order valence-corrected chi connectivity index (χ2v) is 19.3. The van der Waals surface area contributed by atoms with Gasteiger partial charge in [-0.15, -0.1) is 0 Å². The number of rotatable bonds is 16. The Balaban J connectivity index is 1.43. The van der Waals surface area contributed by atoms with Crippen LogP contribution in [0.2, 0.25) is 0 Å². The highest BCUT2D eigenvalue weighted by Crippen LogP contribution is 2.44. The summed E-state index contributed by atoms with van der Waals surface area (Å²) in [5.74, 6) is -1.27. The average Bonchev–Trinajstić information content (AvgIpc) is 3.78. The minimum Gasteiger partial charge on any atom is -0.458 e. The van der Waals surface area contributed by atoms with Crippen LogP contribution in [-0.4, -0.2) is 134 Å². The van der Waals surface area contributed by atoms with Crippen molar-refractivity contribution in [1.82, 2.24) is 40.0 Å². The molecule has 1 aromatic carbocycles. The van der Waals surface area contributed by atoms with Crippen molar-refractivity contribution in [2.24, 2.45) is 0 Å². The molecule has 2 saturated heterocycles. The minimum atomic E-state index is -1.04. The fourth-order valence-electron chi connectivity index (χ4n) is 7.38. The summed E-state index contributed by atoms with van der Waals surface area (Å²) in [6, 6.07) is 8.72. The van der Waals surface area contributed by atoms with Crippen LogP contribution in [-0.2, 0) is 39.8 Å². The van der Waals surface area contributed by atoms with E-state index in [2.05, 4.69) is 47.5 Å². The maximum Gasteiger partial charge on any atom is 0.408 e. The van der Waals surface area contributed by atoms with Gasteiger partial charge in [0.05, 0.1) is 6.33 Å². The molecule has 0 saturated carbocycles. The fourth-order valence-corrected chi connectivity index (χ4v) is 7.38. The number of anilines is 1. The van der Waals surface area contributed by atoms with E-state index in [-0.39, 0.29) is 18.3 Å². The molecular formula is C43H67N9O9. The molecule has 3 aromatic rings. The molecule has 1 unspecified atom stereocenters. The van der Waals surface area contributed by atoms with Gasteiger partial charge < -0.3 is 54.6 Å². The van der Waals surface area contributed by atoms with Crippen LogP contribution in [0.4, 0.5) is 15.4 Å². The number of nitrogens with two attached hydrogens (primary N) is 1. The van der Waals surface area contributed by atoms with Crippen LogP contribution in [0.1, 0.15) is 101 Å². The van der Waals surface area contributed by atoms with Gasteiger partial charge in [0.25, 0.3) is 0 Å². The standard InChI is InChI=1S/C43H67N9O9/c1-40(2,3)59-37(53)29(49-39(55)61-42(7,8)9)19-21-51(20-18-28(48-38(54)60-41(4,5)6)23-50(12)22-27-16-14-13-15-17-27)24-30-32-33(58-43(10,11)57-32)36(56-30)52-26-47-31-34(44)45-25-46-35(31)52/h13-17,25-26,28-30,32-33,36H,18-24H2,1-12H3,(H,48,54)(H,49,55)(H2,44,45,46)/t28-,29?,30-,32-,33-,36-/m1/s1. The van der Waals surface area contributed by atoms with Gasteiger partial charge in [-0.3, -0.25) is 4.57 Å². The molecule has 0 aliphatic carbocycles. The Labute approximate surface area is 359 Å². The Bertz CT molecular complexity index is 1940. The van der Waals surface area contributed by atoms with E-state index >= 15 is 0 Å². The molecule has 4 N–H and O–H groups in total. The first-order valence-electron chi connectivity index (χ1n) is 21.0. The SMILES string of the molecule is CN(Cc1ccccc1)C[C@@H](CCN(CCC(NC(=O)OC(C)(C)C)C(=O)OC(C)(C)C)C[C@H]1O[C@@H](n2cnc3c(N)ncnc32)[C@@H]2OC(C)(C)O[C@@H]21)NC(=O)OC(C)(C)C. The van der Waals surface area contributed by atoms with Gasteiger partial charge >= 0.3 is 18.2 Å². The van der Waals surface area contributed by atoms with Gasteiger partial charge in [0.1, 0.15) is 53.0 Å². The van der Waals surface area contributed by atoms with E-state index in [1.165, 1.54) is 6.33 Å². The number of nitrogen functional groups attached to an aromatic ring is 1. The Kier molecular flexibility index (Phi) is 14.9. The highest BCUT2D eigenvalue weighted by Gasteiger charge is 2.56. The lowest BCUT2D eigenvalue weighted by Crippen LogP contribution is -2.49. The average molecular weight is 854 g/mol. The van der Waals surface area contributed by atoms with Crippen molar-refractivity contribution in [1.29, 1.82) is 0 Å². The third-order valence-corrected chi connectivity index (χ3v) is 9.68. The van der Waals surface area contributed by atoms with E-state index in [1.807, 2.05) is 59.9 Å². The largest absolute Gasteiger partial charge is 0.458 e. The van der Waals surface area contributed by atoms with Gasteiger partial charge in [0, 0.05) is 38.8 Å². The third kappa shape index (κ3) is 14.2. The first-order valence-corrected chi connectivity index (χ1v) is 21.0. The molecule has 61 heavy (non-hydrogen) atoms. The lowest BCUT2D eigenvalue weighted by Gasteiger charge is -2.32. The van der Waals surface area contributed by atoms with Crippen LogP contribution in [0.15, 0.2) is 43.0 Å². The number of nitrogens with zero attached hydrogens (tertiary/aromatic N) is 6. The van der Waals surface area contributed by atoms with Crippen LogP contribution in [0.5, 0.6) is 0 Å². The van der Waals surface area contributed by atoms with E-state index in [0.29, 0.717) is 50.3 Å². The highest BCUT2D eigenvalue weighted by atomic mass is 16.8. The van der Waals surface area contributed by atoms with Crippen molar-refractivity contribution in [2.45, 2.75) is 155 Å². The predicted octanol–water partition coefficient (Wildman–Crippen LogP) is 5.17. The Morgan fingerprint density at radius 3 is 2.10 bits per heavy atom. The smallest absolute Gasteiger partial charge is 0.408 e. The van der Waals surface area contributed by atoms with Crippen molar-refractivity contribution < 1.29 is 42.8 Å². The Morgan fingerprint density at radius 1 is 0.852 bits per heavy atom. The second-order valence-electron chi connectivity index (χ2n) is 19.3. The molecular weight excluding hydrogens is 787 g/mol. The Hall–Kier alpha value is -4.62. The molecule has 338 valence electrons. The molecule has 4 heterocycles. The Morgan fingerprint density at radius 2 is 1.46 bits per heavy atom. The monoisotopic (exact) mass is 854 g/mol. The topological polar surface area (TPSA) is 207 Å². The number of carbonyl (C=O) groups is 3. The van der Waals surface area contributed by atoms with E-state index in [9.17, 15) is 14.4 Å². The highest BCUT2D eigenvalue weighted by molar-refractivity contribution is 5.82. The maximum absolute atomic E-state index is 13.6. The number of hydrogen-bond donors (Lipinski definition) is 3. The molecule has 2 fully saturated rings. The van der Waals surface area contributed by atoms with Gasteiger partial charge in [0.2, 0.25) is 0 Å². The summed E-state index contributed by atoms with van der Waals surface area (Å²) < 4.78 is 38.5. The number of nitrogens with one attached hydrogen (secondary N) is 2. The molecule has 0 radical (unpaired) electrons. The fraction of sp³-hybridized carbons (Fsp3) is 0.674. The number of esters is 1. The number of likely N-dealkylation sites (N-methyl/N-ethyl adjacent to an activating group) is 1. The summed E-state index contributed by atoms with van der Waals surface area (Å²) in [5.41, 5.74) is 5.91. The minimum absolute atomic E-state index is 0.168. The van der Waals surface area contributed by atoms with E-state index in [0.717, 1.165) is 5.56 Å². The van der Waals surface area contributed by atoms with Gasteiger partial charge in [-0.05, 0) is 102 Å². The van der Waals surface area contributed by atoms with Gasteiger partial charge in [-0.1, -0.05) is 30.3 Å². The summed E-state index contributed by atoms with van der Waals surface area (Å²) in [6.45, 7) is 22.0. The number of ether oxygens (including phenoxy) is 6. The molecule has 0 spiro atoms. The van der Waals surface area contributed by atoms with Crippen molar-refractivity contribution >= 4 is 35.1 Å². The van der Waals surface area contributed by atoms with Gasteiger partial charge in [-0.25, -0.2) is 29.3 Å². The number of aromatic nitrogens is 4. The number of carbonyl (C=O) groups excluding carboxylic acids is 3. The summed E-state index contributed by atoms with van der Waals surface area (Å²) in [4.78, 5) is 57.3. The van der Waals surface area contributed by atoms with Crippen molar-refractivity contribution in [3.05, 3.63) is 48.5 Å². The zero-order valence-electron chi connectivity index (χ0n) is 37.9. The van der Waals surface area contributed by atoms with E-state index in [4.69, 9.17) is 34.2 Å². The van der Waals surface area contributed by atoms with Gasteiger partial charge in [-0.2, -0.15) is 0 Å². The van der Waals surface area contributed by atoms with Crippen molar-refractivity contribution in [2.75, 3.05) is 39.0 Å². The normalized spacial score (nSPS) is 21.3. The molecule has 2 aliphatic heterocycles. The summed E-state index contributed by atoms with van der Waals surface area (Å²) in [7, 11) is 2.01. The lowest BCUT2D eigenvalue weighted by atomic mass is 10.1. The molecule has 18 heteroatoms. The molecule has 18 nitrogen and oxygen atoms in total. The number of fused-ring (bicyclic) bond motifs is 2. The third-order valence-electron chi connectivity index (χ3n) is 9.68. The molecule has 0 bridgehead atoms. The summed E-state index contributed by atoms with van der Waals surface area (Å²) in [5, 5.41) is 5.86. The van der Waals surface area contributed by atoms with Gasteiger partial charge in [0.15, 0.2) is 23.5 Å². The summed E-state index contributed by atoms with van der Waals surface area (Å²) >= 11 is 0. The van der Waals surface area contributed by atoms with Crippen LogP contribution in [0.3, 0.4) is 0 Å². The van der Waals surface area contributed by atoms with Crippen molar-refractivity contribution in [3.8, 4) is 0 Å². The number of amides is 2. The van der Waals surface area contributed by atoms with E-state index < -0.39 is 71.3 Å². The number of benzene rings is 1. The lowest BCUT2D eigenvalue weighted by molar-refractivity contribution is -0.198. The molecule has 2 aliphatic rings. The molecule has 2 amide bonds.